The van der Waals surface area contributed by atoms with Gasteiger partial charge in [0.1, 0.15) is 0 Å². The molecule has 0 unspecified atom stereocenters. The van der Waals surface area contributed by atoms with Crippen molar-refractivity contribution < 1.29 is 8.83 Å². The first kappa shape index (κ1) is 29.1. The van der Waals surface area contributed by atoms with Gasteiger partial charge in [-0.2, -0.15) is 0 Å². The summed E-state index contributed by atoms with van der Waals surface area (Å²) in [5.41, 5.74) is 10.4. The predicted molar refractivity (Wildman–Crippen MR) is 194 cm³/mol. The first-order valence-corrected chi connectivity index (χ1v) is 16.1. The van der Waals surface area contributed by atoms with E-state index in [4.69, 9.17) is 18.8 Å². The molecule has 2 aromatic heterocycles. The maximum absolute atomic E-state index is 6.00. The molecule has 0 amide bonds. The van der Waals surface area contributed by atoms with Crippen LogP contribution >= 0.6 is 0 Å². The zero-order valence-corrected chi connectivity index (χ0v) is 26.5. The fraction of sp³-hybridized carbons (Fsp3) is 0. The van der Waals surface area contributed by atoms with Crippen LogP contribution in [0.2, 0.25) is 0 Å². The minimum Gasteiger partial charge on any atom is -0.416 e. The van der Waals surface area contributed by atoms with Crippen molar-refractivity contribution in [2.24, 2.45) is 9.98 Å². The lowest BCUT2D eigenvalue weighted by atomic mass is 9.95. The van der Waals surface area contributed by atoms with E-state index in [1.54, 1.807) is 0 Å². The van der Waals surface area contributed by atoms with Crippen LogP contribution in [0.3, 0.4) is 0 Å². The van der Waals surface area contributed by atoms with Gasteiger partial charge in [-0.05, 0) is 60.7 Å². The Balaban J connectivity index is 1.06. The van der Waals surface area contributed by atoms with E-state index in [2.05, 4.69) is 32.5 Å². The molecule has 9 rings (SSSR count). The maximum atomic E-state index is 6.00. The predicted octanol–water partition coefficient (Wildman–Crippen LogP) is 9.77. The highest BCUT2D eigenvalue weighted by Gasteiger charge is 2.21. The van der Waals surface area contributed by atoms with Crippen molar-refractivity contribution in [1.29, 1.82) is 0 Å². The smallest absolute Gasteiger partial charge is 0.248 e. The molecule has 0 spiro atoms. The lowest BCUT2D eigenvalue weighted by molar-refractivity contribution is 0.584. The Morgan fingerprint density at radius 1 is 0.280 bits per heavy atom. The standard InChI is InChI=1S/C42H26N6O2/c1-3-11-29(12-4-1)39-45-47-41(49-39)31-23-19-27(20-24-31)37-33-15-7-9-17-35(33)44-38(34-16-8-10-18-36(34)43-37)28-21-25-32(26-22-28)42-48-46-40(50-42)30-13-5-2-6-14-30/h1-26H. The van der Waals surface area contributed by atoms with Gasteiger partial charge in [-0.25, -0.2) is 9.98 Å². The minimum absolute atomic E-state index is 0.455. The van der Waals surface area contributed by atoms with Gasteiger partial charge in [-0.3, -0.25) is 0 Å². The van der Waals surface area contributed by atoms with E-state index in [0.29, 0.717) is 23.6 Å². The maximum Gasteiger partial charge on any atom is 0.248 e. The Labute approximate surface area is 287 Å². The average Bonchev–Trinajstić information content (AvgIpc) is 3.89. The van der Waals surface area contributed by atoms with Crippen LogP contribution in [0.15, 0.2) is 177 Å². The summed E-state index contributed by atoms with van der Waals surface area (Å²) in [6.45, 7) is 0. The molecule has 6 aromatic carbocycles. The van der Waals surface area contributed by atoms with E-state index >= 15 is 0 Å². The monoisotopic (exact) mass is 646 g/mol. The molecule has 8 heteroatoms. The van der Waals surface area contributed by atoms with Gasteiger partial charge in [0, 0.05) is 44.5 Å². The Morgan fingerprint density at radius 2 is 0.580 bits per heavy atom. The Hall–Kier alpha value is -7.06. The second kappa shape index (κ2) is 12.5. The van der Waals surface area contributed by atoms with E-state index in [-0.39, 0.29) is 0 Å². The van der Waals surface area contributed by atoms with Crippen LogP contribution in [0.5, 0.6) is 0 Å². The number of hydrogen-bond acceptors (Lipinski definition) is 8. The molecular weight excluding hydrogens is 621 g/mol. The second-order valence-corrected chi connectivity index (χ2v) is 11.7. The molecule has 1 aliphatic rings. The second-order valence-electron chi connectivity index (χ2n) is 11.7. The average molecular weight is 647 g/mol. The lowest BCUT2D eigenvalue weighted by Crippen LogP contribution is -2.10. The molecule has 50 heavy (non-hydrogen) atoms. The van der Waals surface area contributed by atoms with E-state index in [9.17, 15) is 0 Å². The zero-order valence-electron chi connectivity index (χ0n) is 26.5. The van der Waals surface area contributed by atoms with Crippen molar-refractivity contribution in [1.82, 2.24) is 20.4 Å². The fourth-order valence-electron chi connectivity index (χ4n) is 5.96. The molecule has 0 saturated heterocycles. The van der Waals surface area contributed by atoms with Crippen molar-refractivity contribution in [2.45, 2.75) is 0 Å². The van der Waals surface area contributed by atoms with Crippen LogP contribution in [0.25, 0.3) is 45.8 Å². The van der Waals surface area contributed by atoms with Crippen LogP contribution in [-0.4, -0.2) is 31.8 Å². The molecule has 0 N–H and O–H groups in total. The summed E-state index contributed by atoms with van der Waals surface area (Å²) in [6.07, 6.45) is 0. The van der Waals surface area contributed by atoms with E-state index in [0.717, 1.165) is 67.3 Å². The summed E-state index contributed by atoms with van der Waals surface area (Å²) in [7, 11) is 0. The normalized spacial score (nSPS) is 12.2. The zero-order chi connectivity index (χ0) is 33.3. The number of benzene rings is 6. The van der Waals surface area contributed by atoms with Gasteiger partial charge >= 0.3 is 0 Å². The van der Waals surface area contributed by atoms with Crippen molar-refractivity contribution in [3.05, 3.63) is 180 Å². The molecule has 3 heterocycles. The van der Waals surface area contributed by atoms with Gasteiger partial charge in [0.15, 0.2) is 0 Å². The van der Waals surface area contributed by atoms with Gasteiger partial charge in [-0.1, -0.05) is 97.1 Å². The van der Waals surface area contributed by atoms with Gasteiger partial charge in [0.05, 0.1) is 22.8 Å². The Kier molecular flexibility index (Phi) is 7.29. The number of fused-ring (bicyclic) bond motifs is 2. The third kappa shape index (κ3) is 5.50. The first-order valence-electron chi connectivity index (χ1n) is 16.1. The molecule has 8 nitrogen and oxygen atoms in total. The molecule has 1 aliphatic heterocycles. The first-order chi connectivity index (χ1) is 24.8. The molecule has 0 saturated carbocycles. The van der Waals surface area contributed by atoms with Gasteiger partial charge in [-0.15, -0.1) is 20.4 Å². The number of aliphatic imine (C=N–C) groups is 2. The summed E-state index contributed by atoms with van der Waals surface area (Å²) in [4.78, 5) is 10.6. The highest BCUT2D eigenvalue weighted by Crippen LogP contribution is 2.34. The summed E-state index contributed by atoms with van der Waals surface area (Å²) < 4.78 is 12.0. The van der Waals surface area contributed by atoms with Crippen molar-refractivity contribution in [2.75, 3.05) is 0 Å². The Bertz CT molecular complexity index is 2340. The van der Waals surface area contributed by atoms with Crippen LogP contribution in [-0.2, 0) is 0 Å². The fourth-order valence-corrected chi connectivity index (χ4v) is 5.96. The van der Waals surface area contributed by atoms with Crippen molar-refractivity contribution in [3.63, 3.8) is 0 Å². The van der Waals surface area contributed by atoms with E-state index in [1.165, 1.54) is 0 Å². The highest BCUT2D eigenvalue weighted by molar-refractivity contribution is 6.22. The third-order valence-electron chi connectivity index (χ3n) is 8.48. The number of aromatic nitrogens is 4. The van der Waals surface area contributed by atoms with Crippen molar-refractivity contribution in [3.8, 4) is 45.8 Å². The molecule has 0 radical (unpaired) electrons. The molecule has 0 atom stereocenters. The summed E-state index contributed by atoms with van der Waals surface area (Å²) in [5.74, 6) is 1.87. The van der Waals surface area contributed by atoms with Crippen LogP contribution in [0, 0.1) is 0 Å². The number of rotatable bonds is 6. The van der Waals surface area contributed by atoms with Crippen LogP contribution in [0.4, 0.5) is 11.4 Å². The third-order valence-corrected chi connectivity index (χ3v) is 8.48. The molecule has 8 aromatic rings. The lowest BCUT2D eigenvalue weighted by Gasteiger charge is -2.18. The quantitative estimate of drug-likeness (QED) is 0.178. The largest absolute Gasteiger partial charge is 0.416 e. The van der Waals surface area contributed by atoms with Crippen LogP contribution < -0.4 is 0 Å². The molecule has 0 fully saturated rings. The van der Waals surface area contributed by atoms with Crippen LogP contribution in [0.1, 0.15) is 22.3 Å². The molecular formula is C42H26N6O2. The summed E-state index contributed by atoms with van der Waals surface area (Å²) in [6, 6.07) is 51.7. The summed E-state index contributed by atoms with van der Waals surface area (Å²) in [5, 5.41) is 17.1. The van der Waals surface area contributed by atoms with Gasteiger partial charge < -0.3 is 8.83 Å². The SMILES string of the molecule is c1ccc(-c2nnc(-c3ccc(C4=Nc5ccccc5C(c5ccc(-c6nnc(-c7ccccc7)o6)cc5)=Nc5ccccc54)cc3)o2)cc1. The molecule has 0 aliphatic carbocycles. The number of para-hydroxylation sites is 2. The molecule has 236 valence electrons. The summed E-state index contributed by atoms with van der Waals surface area (Å²) >= 11 is 0. The van der Waals surface area contributed by atoms with Crippen molar-refractivity contribution >= 4 is 22.8 Å². The number of hydrogen-bond donors (Lipinski definition) is 0. The van der Waals surface area contributed by atoms with Gasteiger partial charge in [0.2, 0.25) is 23.6 Å². The number of nitrogens with zero attached hydrogens (tertiary/aromatic N) is 6. The highest BCUT2D eigenvalue weighted by atomic mass is 16.4. The topological polar surface area (TPSA) is 103 Å². The van der Waals surface area contributed by atoms with E-state index < -0.39 is 0 Å². The van der Waals surface area contributed by atoms with E-state index in [1.807, 2.05) is 146 Å². The molecule has 0 bridgehead atoms. The Morgan fingerprint density at radius 3 is 0.960 bits per heavy atom. The van der Waals surface area contributed by atoms with Gasteiger partial charge in [0.25, 0.3) is 0 Å². The minimum atomic E-state index is 0.455.